The number of nitrogens with zero attached hydrogens (tertiary/aromatic N) is 1. The number of aromatic amines is 1. The van der Waals surface area contributed by atoms with Gasteiger partial charge in [0.25, 0.3) is 0 Å². The number of carbonyl (C=O) groups is 1. The average molecular weight is 355 g/mol. The summed E-state index contributed by atoms with van der Waals surface area (Å²) < 4.78 is 26.3. The highest BCUT2D eigenvalue weighted by molar-refractivity contribution is 7.89. The molecule has 0 amide bonds. The summed E-state index contributed by atoms with van der Waals surface area (Å²) in [6.45, 7) is 0. The van der Waals surface area contributed by atoms with Gasteiger partial charge in [0.2, 0.25) is 15.8 Å². The molecule has 126 valence electrons. The van der Waals surface area contributed by atoms with Gasteiger partial charge >= 0.3 is 0 Å². The molecule has 0 unspecified atom stereocenters. The van der Waals surface area contributed by atoms with Crippen LogP contribution in [-0.4, -0.2) is 37.1 Å². The summed E-state index contributed by atoms with van der Waals surface area (Å²) in [6, 6.07) is 11.2. The number of sulfonamides is 1. The first-order chi connectivity index (χ1) is 11.9. The fourth-order valence-corrected chi connectivity index (χ4v) is 3.67. The largest absolute Gasteiger partial charge is 0.494 e. The highest BCUT2D eigenvalue weighted by Gasteiger charge is 2.30. The average Bonchev–Trinajstić information content (AvgIpc) is 3.10. The summed E-state index contributed by atoms with van der Waals surface area (Å²) >= 11 is 0. The molecule has 1 aliphatic heterocycles. The van der Waals surface area contributed by atoms with Crippen molar-refractivity contribution in [2.75, 3.05) is 7.05 Å². The standard InChI is InChI=1S/C17H13N3O4S/c1-18-25(23,24)9-6-7-13-11(8-9)14(17(22)20-13)15-16(21)10-4-2-3-5-12(10)19-15/h2-8,18,20,22H,1H3. The minimum absolute atomic E-state index is 0.0336. The van der Waals surface area contributed by atoms with Crippen LogP contribution in [0.2, 0.25) is 0 Å². The predicted octanol–water partition coefficient (Wildman–Crippen LogP) is 2.10. The fourth-order valence-electron chi connectivity index (χ4n) is 2.91. The van der Waals surface area contributed by atoms with Crippen LogP contribution in [0.15, 0.2) is 52.4 Å². The zero-order chi connectivity index (χ0) is 17.8. The van der Waals surface area contributed by atoms with E-state index in [1.165, 1.54) is 25.2 Å². The molecule has 0 saturated carbocycles. The molecule has 0 spiro atoms. The van der Waals surface area contributed by atoms with Crippen LogP contribution in [0.4, 0.5) is 5.69 Å². The molecule has 0 atom stereocenters. The van der Waals surface area contributed by atoms with Gasteiger partial charge in [-0.3, -0.25) is 4.79 Å². The number of carbonyl (C=O) groups excluding carboxylic acids is 1. The van der Waals surface area contributed by atoms with Crippen LogP contribution in [0.1, 0.15) is 15.9 Å². The van der Waals surface area contributed by atoms with E-state index in [1.807, 2.05) is 0 Å². The minimum atomic E-state index is -3.66. The Balaban J connectivity index is 1.96. The highest BCUT2D eigenvalue weighted by atomic mass is 32.2. The number of ketones is 1. The molecule has 0 bridgehead atoms. The molecule has 8 heteroatoms. The first kappa shape index (κ1) is 15.6. The maximum absolute atomic E-state index is 12.6. The molecule has 25 heavy (non-hydrogen) atoms. The Kier molecular flexibility index (Phi) is 3.28. The molecule has 0 aliphatic carbocycles. The second-order valence-corrected chi connectivity index (χ2v) is 7.46. The number of benzene rings is 2. The van der Waals surface area contributed by atoms with Crippen LogP contribution in [0.25, 0.3) is 10.9 Å². The molecule has 1 aromatic heterocycles. The Morgan fingerprint density at radius 1 is 1.16 bits per heavy atom. The maximum atomic E-state index is 12.6. The Morgan fingerprint density at radius 2 is 1.92 bits per heavy atom. The van der Waals surface area contributed by atoms with Crippen molar-refractivity contribution in [3.8, 4) is 5.88 Å². The van der Waals surface area contributed by atoms with Crippen molar-refractivity contribution in [2.24, 2.45) is 4.99 Å². The molecule has 2 heterocycles. The zero-order valence-electron chi connectivity index (χ0n) is 13.1. The van der Waals surface area contributed by atoms with Gasteiger partial charge in [-0.2, -0.15) is 0 Å². The van der Waals surface area contributed by atoms with Crippen molar-refractivity contribution < 1.29 is 18.3 Å². The van der Waals surface area contributed by atoms with Gasteiger partial charge in [-0.1, -0.05) is 12.1 Å². The lowest BCUT2D eigenvalue weighted by Gasteiger charge is -2.03. The number of nitrogens with one attached hydrogen (secondary N) is 2. The number of aromatic hydroxyl groups is 1. The van der Waals surface area contributed by atoms with Crippen molar-refractivity contribution in [3.63, 3.8) is 0 Å². The van der Waals surface area contributed by atoms with Crippen LogP contribution in [0, 0.1) is 0 Å². The summed E-state index contributed by atoms with van der Waals surface area (Å²) in [4.78, 5) is 19.8. The molecule has 3 N–H and O–H groups in total. The lowest BCUT2D eigenvalue weighted by Crippen LogP contribution is -2.18. The first-order valence-electron chi connectivity index (χ1n) is 7.43. The third kappa shape index (κ3) is 2.26. The van der Waals surface area contributed by atoms with E-state index in [9.17, 15) is 18.3 Å². The molecule has 0 saturated heterocycles. The SMILES string of the molecule is CNS(=O)(=O)c1ccc2[nH]c(O)c(C3=Nc4ccccc4C3=O)c2c1. The summed E-state index contributed by atoms with van der Waals surface area (Å²) in [6.07, 6.45) is 0. The summed E-state index contributed by atoms with van der Waals surface area (Å²) in [7, 11) is -2.34. The Bertz CT molecular complexity index is 1180. The summed E-state index contributed by atoms with van der Waals surface area (Å²) in [5.41, 5.74) is 1.77. The third-order valence-corrected chi connectivity index (χ3v) is 5.57. The summed E-state index contributed by atoms with van der Waals surface area (Å²) in [5.74, 6) is -0.539. The number of aromatic nitrogens is 1. The number of hydrogen-bond donors (Lipinski definition) is 3. The van der Waals surface area contributed by atoms with E-state index in [2.05, 4.69) is 14.7 Å². The van der Waals surface area contributed by atoms with Crippen LogP contribution >= 0.6 is 0 Å². The van der Waals surface area contributed by atoms with Crippen molar-refractivity contribution in [1.82, 2.24) is 9.71 Å². The number of H-pyrrole nitrogens is 1. The fraction of sp³-hybridized carbons (Fsp3) is 0.0588. The Hall–Kier alpha value is -2.97. The molecule has 2 aromatic carbocycles. The molecular formula is C17H13N3O4S. The second-order valence-electron chi connectivity index (χ2n) is 5.57. The topological polar surface area (TPSA) is 112 Å². The van der Waals surface area contributed by atoms with Crippen LogP contribution < -0.4 is 4.72 Å². The monoisotopic (exact) mass is 355 g/mol. The van der Waals surface area contributed by atoms with Gasteiger partial charge in [-0.05, 0) is 37.4 Å². The number of para-hydroxylation sites is 1. The number of rotatable bonds is 3. The van der Waals surface area contributed by atoms with Crippen LogP contribution in [-0.2, 0) is 10.0 Å². The minimum Gasteiger partial charge on any atom is -0.494 e. The van der Waals surface area contributed by atoms with E-state index < -0.39 is 10.0 Å². The smallest absolute Gasteiger partial charge is 0.240 e. The van der Waals surface area contributed by atoms with E-state index in [-0.39, 0.29) is 27.8 Å². The van der Waals surface area contributed by atoms with Crippen molar-refractivity contribution in [2.45, 2.75) is 4.90 Å². The van der Waals surface area contributed by atoms with Gasteiger partial charge in [0.1, 0.15) is 5.71 Å². The van der Waals surface area contributed by atoms with Gasteiger partial charge in [-0.15, -0.1) is 0 Å². The van der Waals surface area contributed by atoms with E-state index >= 15 is 0 Å². The lowest BCUT2D eigenvalue weighted by atomic mass is 10.0. The van der Waals surface area contributed by atoms with Gasteiger partial charge in [0.15, 0.2) is 5.88 Å². The highest BCUT2D eigenvalue weighted by Crippen LogP contribution is 2.35. The first-order valence-corrected chi connectivity index (χ1v) is 8.92. The second kappa shape index (κ2) is 5.27. The Labute approximate surface area is 143 Å². The maximum Gasteiger partial charge on any atom is 0.240 e. The molecule has 3 aromatic rings. The van der Waals surface area contributed by atoms with Gasteiger partial charge in [-0.25, -0.2) is 18.1 Å². The molecular weight excluding hydrogens is 342 g/mol. The molecule has 7 nitrogen and oxygen atoms in total. The normalized spacial score (nSPS) is 14.0. The molecule has 1 aliphatic rings. The molecule has 0 radical (unpaired) electrons. The van der Waals surface area contributed by atoms with Crippen molar-refractivity contribution in [3.05, 3.63) is 53.6 Å². The van der Waals surface area contributed by atoms with Crippen molar-refractivity contribution >= 4 is 38.1 Å². The van der Waals surface area contributed by atoms with Gasteiger partial charge in [0.05, 0.1) is 16.1 Å². The zero-order valence-corrected chi connectivity index (χ0v) is 13.9. The van der Waals surface area contributed by atoms with E-state index in [0.29, 0.717) is 22.2 Å². The van der Waals surface area contributed by atoms with E-state index in [4.69, 9.17) is 0 Å². The van der Waals surface area contributed by atoms with Gasteiger partial charge < -0.3 is 10.1 Å². The van der Waals surface area contributed by atoms with Crippen LogP contribution in [0.5, 0.6) is 5.88 Å². The van der Waals surface area contributed by atoms with E-state index in [1.54, 1.807) is 24.3 Å². The number of Topliss-reactive ketones (excluding diaryl/α,β-unsaturated/α-hetero) is 1. The number of hydrogen-bond acceptors (Lipinski definition) is 5. The third-order valence-electron chi connectivity index (χ3n) is 4.16. The summed E-state index contributed by atoms with van der Waals surface area (Å²) in [5, 5.41) is 10.7. The predicted molar refractivity (Wildman–Crippen MR) is 93.2 cm³/mol. The number of fused-ring (bicyclic) bond motifs is 2. The van der Waals surface area contributed by atoms with Crippen LogP contribution in [0.3, 0.4) is 0 Å². The number of aliphatic imine (C=N–C) groups is 1. The van der Waals surface area contributed by atoms with E-state index in [0.717, 1.165) is 0 Å². The molecule has 4 rings (SSSR count). The van der Waals surface area contributed by atoms with Crippen molar-refractivity contribution in [1.29, 1.82) is 0 Å². The Morgan fingerprint density at radius 3 is 2.64 bits per heavy atom. The molecule has 0 fully saturated rings. The van der Waals surface area contributed by atoms with Gasteiger partial charge in [0, 0.05) is 16.5 Å². The lowest BCUT2D eigenvalue weighted by molar-refractivity contribution is 0.107. The quantitative estimate of drug-likeness (QED) is 0.668.